The summed E-state index contributed by atoms with van der Waals surface area (Å²) in [5, 5.41) is 0. The van der Waals surface area contributed by atoms with E-state index in [2.05, 4.69) is 20.9 Å². The summed E-state index contributed by atoms with van der Waals surface area (Å²) in [5.41, 5.74) is 0.451. The first-order valence-corrected chi connectivity index (χ1v) is 5.16. The van der Waals surface area contributed by atoms with Gasteiger partial charge in [-0.25, -0.2) is 0 Å². The topological polar surface area (TPSA) is 53.2 Å². The maximum Gasteiger partial charge on any atom is 0.276 e. The van der Waals surface area contributed by atoms with Crippen LogP contribution in [-0.2, 0) is 4.79 Å². The Balaban J connectivity index is 2.19. The smallest absolute Gasteiger partial charge is 0.276 e. The molecule has 1 fully saturated rings. The third-order valence-corrected chi connectivity index (χ3v) is 2.65. The highest BCUT2D eigenvalue weighted by Gasteiger charge is 2.27. The lowest BCUT2D eigenvalue weighted by molar-refractivity contribution is -0.125. The van der Waals surface area contributed by atoms with E-state index in [4.69, 9.17) is 0 Å². The van der Waals surface area contributed by atoms with Crippen molar-refractivity contribution in [1.29, 1.82) is 0 Å². The van der Waals surface area contributed by atoms with E-state index in [-0.39, 0.29) is 11.8 Å². The summed E-state index contributed by atoms with van der Waals surface area (Å²) in [4.78, 5) is 27.1. The number of hydrogen-bond donors (Lipinski definition) is 1. The molecule has 5 heteroatoms. The number of rotatable bonds is 1. The number of carbonyl (C=O) groups excluding carboxylic acids is 2. The monoisotopic (exact) mass is 256 g/mol. The molecule has 0 aromatic carbocycles. The summed E-state index contributed by atoms with van der Waals surface area (Å²) < 4.78 is 0.812. The van der Waals surface area contributed by atoms with Gasteiger partial charge in [0.2, 0.25) is 5.91 Å². The van der Waals surface area contributed by atoms with Crippen LogP contribution in [0.3, 0.4) is 0 Å². The van der Waals surface area contributed by atoms with Crippen LogP contribution in [0.2, 0.25) is 0 Å². The van der Waals surface area contributed by atoms with Gasteiger partial charge in [-0.2, -0.15) is 0 Å². The number of carbonyl (C=O) groups is 2. The van der Waals surface area contributed by atoms with Gasteiger partial charge in [0.15, 0.2) is 0 Å². The first-order valence-electron chi connectivity index (χ1n) is 4.37. The first kappa shape index (κ1) is 9.45. The predicted octanol–water partition coefficient (Wildman–Crippen LogP) is 1.54. The number of nitrogens with one attached hydrogen (secondary N) is 1. The predicted molar refractivity (Wildman–Crippen MR) is 53.8 cm³/mol. The van der Waals surface area contributed by atoms with Crippen molar-refractivity contribution in [2.24, 2.45) is 0 Å². The standard InChI is InChI=1S/C9H9BrN2O2/c10-6-4-7(11-5-6)9(14)12-3-1-2-8(12)13/h4-5,11H,1-3H2. The second-order valence-electron chi connectivity index (χ2n) is 3.19. The minimum atomic E-state index is -0.238. The zero-order chi connectivity index (χ0) is 10.1. The molecule has 1 N–H and O–H groups in total. The zero-order valence-electron chi connectivity index (χ0n) is 7.42. The Bertz CT molecular complexity index is 386. The molecule has 1 saturated heterocycles. The van der Waals surface area contributed by atoms with Gasteiger partial charge in [0.25, 0.3) is 5.91 Å². The second kappa shape index (κ2) is 3.57. The van der Waals surface area contributed by atoms with Crippen molar-refractivity contribution in [3.8, 4) is 0 Å². The van der Waals surface area contributed by atoms with Gasteiger partial charge >= 0.3 is 0 Å². The van der Waals surface area contributed by atoms with Crippen molar-refractivity contribution >= 4 is 27.7 Å². The normalized spacial score (nSPS) is 16.4. The van der Waals surface area contributed by atoms with Gasteiger partial charge < -0.3 is 4.98 Å². The fourth-order valence-electron chi connectivity index (χ4n) is 1.50. The Morgan fingerprint density at radius 1 is 1.57 bits per heavy atom. The number of halogens is 1. The van der Waals surface area contributed by atoms with Crippen molar-refractivity contribution in [2.45, 2.75) is 12.8 Å². The molecule has 0 unspecified atom stereocenters. The molecule has 14 heavy (non-hydrogen) atoms. The lowest BCUT2D eigenvalue weighted by Crippen LogP contribution is -2.31. The maximum absolute atomic E-state index is 11.7. The maximum atomic E-state index is 11.7. The molecule has 1 aliphatic rings. The van der Waals surface area contributed by atoms with Crippen LogP contribution < -0.4 is 0 Å². The third-order valence-electron chi connectivity index (χ3n) is 2.20. The highest BCUT2D eigenvalue weighted by Crippen LogP contribution is 2.16. The number of hydrogen-bond acceptors (Lipinski definition) is 2. The van der Waals surface area contributed by atoms with Gasteiger partial charge in [-0.05, 0) is 28.4 Å². The molecule has 0 aliphatic carbocycles. The first-order chi connectivity index (χ1) is 6.68. The van der Waals surface area contributed by atoms with Gasteiger partial charge in [0.05, 0.1) is 0 Å². The number of aromatic amines is 1. The number of nitrogens with zero attached hydrogens (tertiary/aromatic N) is 1. The van der Waals surface area contributed by atoms with Crippen molar-refractivity contribution < 1.29 is 9.59 Å². The zero-order valence-corrected chi connectivity index (χ0v) is 9.00. The average Bonchev–Trinajstić information content (AvgIpc) is 2.73. The van der Waals surface area contributed by atoms with Gasteiger partial charge in [0.1, 0.15) is 5.69 Å². The molecule has 1 aromatic heterocycles. The third kappa shape index (κ3) is 1.59. The van der Waals surface area contributed by atoms with Crippen molar-refractivity contribution in [1.82, 2.24) is 9.88 Å². The van der Waals surface area contributed by atoms with Crippen LogP contribution in [-0.4, -0.2) is 28.2 Å². The summed E-state index contributed by atoms with van der Waals surface area (Å²) in [6, 6.07) is 1.67. The molecule has 2 amide bonds. The molecule has 4 nitrogen and oxygen atoms in total. The number of likely N-dealkylation sites (tertiary alicyclic amines) is 1. The molecule has 2 heterocycles. The molecular formula is C9H9BrN2O2. The van der Waals surface area contributed by atoms with Crippen LogP contribution in [0, 0.1) is 0 Å². The summed E-state index contributed by atoms with van der Waals surface area (Å²) in [7, 11) is 0. The van der Waals surface area contributed by atoms with Crippen LogP contribution in [0.1, 0.15) is 23.3 Å². The Morgan fingerprint density at radius 2 is 2.36 bits per heavy atom. The van der Waals surface area contributed by atoms with E-state index in [0.29, 0.717) is 18.7 Å². The Labute approximate surface area is 89.4 Å². The van der Waals surface area contributed by atoms with Gasteiger partial charge in [0, 0.05) is 23.6 Å². The van der Waals surface area contributed by atoms with E-state index >= 15 is 0 Å². The molecule has 1 aromatic rings. The molecule has 0 atom stereocenters. The number of imide groups is 1. The summed E-state index contributed by atoms with van der Waals surface area (Å²) in [5.74, 6) is -0.320. The van der Waals surface area contributed by atoms with Crippen molar-refractivity contribution in [3.05, 3.63) is 22.4 Å². The molecule has 1 aliphatic heterocycles. The largest absolute Gasteiger partial charge is 0.356 e. The minimum absolute atomic E-state index is 0.0827. The van der Waals surface area contributed by atoms with Crippen LogP contribution in [0.4, 0.5) is 0 Å². The van der Waals surface area contributed by atoms with Gasteiger partial charge in [-0.1, -0.05) is 0 Å². The Hall–Kier alpha value is -1.10. The fourth-order valence-corrected chi connectivity index (χ4v) is 1.84. The highest BCUT2D eigenvalue weighted by molar-refractivity contribution is 9.10. The van der Waals surface area contributed by atoms with Crippen LogP contribution in [0.15, 0.2) is 16.7 Å². The van der Waals surface area contributed by atoms with E-state index in [0.717, 1.165) is 10.9 Å². The second-order valence-corrected chi connectivity index (χ2v) is 4.10. The van der Waals surface area contributed by atoms with Gasteiger partial charge in [-0.3, -0.25) is 14.5 Å². The van der Waals surface area contributed by atoms with Crippen LogP contribution >= 0.6 is 15.9 Å². The summed E-state index contributed by atoms with van der Waals surface area (Å²) in [6.07, 6.45) is 2.92. The van der Waals surface area contributed by atoms with E-state index < -0.39 is 0 Å². The number of amides is 2. The van der Waals surface area contributed by atoms with Gasteiger partial charge in [-0.15, -0.1) is 0 Å². The van der Waals surface area contributed by atoms with E-state index in [1.54, 1.807) is 12.3 Å². The number of H-pyrrole nitrogens is 1. The molecule has 0 radical (unpaired) electrons. The lowest BCUT2D eigenvalue weighted by atomic mass is 10.4. The van der Waals surface area contributed by atoms with E-state index in [1.807, 2.05) is 0 Å². The van der Waals surface area contributed by atoms with Crippen LogP contribution in [0.5, 0.6) is 0 Å². The lowest BCUT2D eigenvalue weighted by Gasteiger charge is -2.11. The fraction of sp³-hybridized carbons (Fsp3) is 0.333. The summed E-state index contributed by atoms with van der Waals surface area (Å²) in [6.45, 7) is 0.536. The molecule has 0 spiro atoms. The molecular weight excluding hydrogens is 248 g/mol. The van der Waals surface area contributed by atoms with E-state index in [1.165, 1.54) is 4.90 Å². The van der Waals surface area contributed by atoms with Crippen molar-refractivity contribution in [3.63, 3.8) is 0 Å². The Morgan fingerprint density at radius 3 is 2.86 bits per heavy atom. The van der Waals surface area contributed by atoms with Crippen molar-refractivity contribution in [2.75, 3.05) is 6.54 Å². The molecule has 2 rings (SSSR count). The summed E-state index contributed by atoms with van der Waals surface area (Å²) >= 11 is 3.24. The van der Waals surface area contributed by atoms with Crippen LogP contribution in [0.25, 0.3) is 0 Å². The molecule has 74 valence electrons. The average molecular weight is 257 g/mol. The number of aromatic nitrogens is 1. The SMILES string of the molecule is O=C1CCCN1C(=O)c1cc(Br)c[nH]1. The minimum Gasteiger partial charge on any atom is -0.356 e. The highest BCUT2D eigenvalue weighted by atomic mass is 79.9. The quantitative estimate of drug-likeness (QED) is 0.776. The molecule has 0 saturated carbocycles. The Kier molecular flexibility index (Phi) is 2.41. The van der Waals surface area contributed by atoms with E-state index in [9.17, 15) is 9.59 Å². The molecule has 0 bridgehead atoms.